The smallest absolute Gasteiger partial charge is 0.251 e. The number of nitrogens with zero attached hydrogens (tertiary/aromatic N) is 3. The summed E-state index contributed by atoms with van der Waals surface area (Å²) in [6.07, 6.45) is 4.49. The van der Waals surface area contributed by atoms with Crippen molar-refractivity contribution in [3.05, 3.63) is 78.9 Å². The molecule has 3 saturated heterocycles. The van der Waals surface area contributed by atoms with Crippen LogP contribution in [0.4, 0.5) is 11.4 Å². The number of carbonyl (C=O) groups is 3. The molecule has 0 radical (unpaired) electrons. The van der Waals surface area contributed by atoms with Crippen molar-refractivity contribution in [1.82, 2.24) is 4.90 Å². The first-order chi connectivity index (χ1) is 21.7. The second kappa shape index (κ2) is 13.4. The van der Waals surface area contributed by atoms with Gasteiger partial charge < -0.3 is 24.5 Å². The number of likely N-dealkylation sites (tertiary alicyclic amines) is 1. The minimum atomic E-state index is -0.776. The highest BCUT2D eigenvalue weighted by molar-refractivity contribution is 8.02. The van der Waals surface area contributed by atoms with Gasteiger partial charge in [0.1, 0.15) is 11.8 Å². The molecule has 3 unspecified atom stereocenters. The summed E-state index contributed by atoms with van der Waals surface area (Å²) < 4.78 is 4.83. The lowest BCUT2D eigenvalue weighted by atomic mass is 9.65. The van der Waals surface area contributed by atoms with Gasteiger partial charge >= 0.3 is 0 Å². The minimum Gasteiger partial charge on any atom is -0.494 e. The van der Waals surface area contributed by atoms with Gasteiger partial charge in [-0.25, -0.2) is 0 Å². The molecule has 5 rings (SSSR count). The lowest BCUT2D eigenvalue weighted by Crippen LogP contribution is -2.58. The third-order valence-corrected chi connectivity index (χ3v) is 11.7. The number of aliphatic hydroxyl groups excluding tert-OH is 1. The quantitative estimate of drug-likeness (QED) is 0.307. The maximum absolute atomic E-state index is 14.9. The Morgan fingerprint density at radius 2 is 1.71 bits per heavy atom. The standard InChI is InChI=1S/C36H45N3O5S/c1-7-18-37(26-14-16-27(17-15-26)44-9-3)33(41)29-28-22-25(6)36(45-28)30(29)34(42)39(20-11-21-40)32(36)35(43)38(19-8-2)31-23(4)12-10-13-24(31)5/h7-8,10,12-17,25,28-30,32,40H,1-2,9,11,18-22H2,3-6H3/t25?,28-,29+,30+,32?,36?/m1/s1. The summed E-state index contributed by atoms with van der Waals surface area (Å²) in [6, 6.07) is 12.6. The molecule has 3 heterocycles. The van der Waals surface area contributed by atoms with E-state index in [1.807, 2.05) is 63.2 Å². The summed E-state index contributed by atoms with van der Waals surface area (Å²) in [7, 11) is 0. The van der Waals surface area contributed by atoms with Crippen LogP contribution in [0.15, 0.2) is 67.8 Å². The fourth-order valence-corrected chi connectivity index (χ4v) is 10.3. The van der Waals surface area contributed by atoms with E-state index in [4.69, 9.17) is 4.74 Å². The van der Waals surface area contributed by atoms with Crippen molar-refractivity contribution in [3.63, 3.8) is 0 Å². The summed E-state index contributed by atoms with van der Waals surface area (Å²) in [4.78, 5) is 49.2. The molecule has 0 aliphatic carbocycles. The average Bonchev–Trinajstić information content (AvgIpc) is 3.61. The van der Waals surface area contributed by atoms with Crippen molar-refractivity contribution < 1.29 is 24.2 Å². The molecule has 2 aromatic rings. The number of para-hydroxylation sites is 1. The number of benzene rings is 2. The van der Waals surface area contributed by atoms with Crippen molar-refractivity contribution in [1.29, 1.82) is 0 Å². The van der Waals surface area contributed by atoms with Crippen molar-refractivity contribution in [2.45, 2.75) is 56.6 Å². The number of ether oxygens (including phenoxy) is 1. The highest BCUT2D eigenvalue weighted by atomic mass is 32.2. The Labute approximate surface area is 271 Å². The first-order valence-corrected chi connectivity index (χ1v) is 16.8. The molecule has 6 atom stereocenters. The van der Waals surface area contributed by atoms with Gasteiger partial charge in [0.15, 0.2) is 0 Å². The molecular weight excluding hydrogens is 586 g/mol. The molecule has 2 aromatic carbocycles. The Balaban J connectivity index is 1.58. The van der Waals surface area contributed by atoms with Crippen LogP contribution in [0.1, 0.15) is 37.8 Å². The monoisotopic (exact) mass is 631 g/mol. The number of thioether (sulfide) groups is 1. The van der Waals surface area contributed by atoms with Crippen LogP contribution in [0.2, 0.25) is 0 Å². The molecule has 3 amide bonds. The van der Waals surface area contributed by atoms with Crippen molar-refractivity contribution in [3.8, 4) is 5.75 Å². The zero-order valence-electron chi connectivity index (χ0n) is 26.8. The second-order valence-electron chi connectivity index (χ2n) is 12.3. The van der Waals surface area contributed by atoms with E-state index in [0.29, 0.717) is 31.8 Å². The Morgan fingerprint density at radius 1 is 1.07 bits per heavy atom. The Kier molecular flexibility index (Phi) is 9.80. The Hall–Kier alpha value is -3.56. The molecule has 1 spiro atoms. The molecule has 2 bridgehead atoms. The van der Waals surface area contributed by atoms with E-state index < -0.39 is 22.6 Å². The lowest BCUT2D eigenvalue weighted by Gasteiger charge is -2.41. The molecule has 240 valence electrons. The first kappa shape index (κ1) is 32.8. The van der Waals surface area contributed by atoms with E-state index in [2.05, 4.69) is 20.1 Å². The number of aliphatic hydroxyl groups is 1. The van der Waals surface area contributed by atoms with Gasteiger partial charge in [0.2, 0.25) is 11.8 Å². The van der Waals surface area contributed by atoms with Crippen LogP contribution < -0.4 is 14.5 Å². The first-order valence-electron chi connectivity index (χ1n) is 15.9. The Morgan fingerprint density at radius 3 is 2.31 bits per heavy atom. The van der Waals surface area contributed by atoms with Gasteiger partial charge in [-0.15, -0.1) is 24.9 Å². The number of anilines is 2. The molecule has 0 saturated carbocycles. The van der Waals surface area contributed by atoms with Gasteiger partial charge in [0.25, 0.3) is 5.91 Å². The zero-order chi connectivity index (χ0) is 32.5. The van der Waals surface area contributed by atoms with Crippen molar-refractivity contribution in [2.75, 3.05) is 42.6 Å². The third-order valence-electron chi connectivity index (χ3n) is 9.65. The zero-order valence-corrected chi connectivity index (χ0v) is 27.6. The molecule has 3 aliphatic heterocycles. The molecule has 1 N–H and O–H groups in total. The van der Waals surface area contributed by atoms with Crippen LogP contribution in [0, 0.1) is 31.6 Å². The van der Waals surface area contributed by atoms with E-state index in [0.717, 1.165) is 29.0 Å². The highest BCUT2D eigenvalue weighted by Crippen LogP contribution is 2.69. The van der Waals surface area contributed by atoms with Crippen LogP contribution >= 0.6 is 11.8 Å². The van der Waals surface area contributed by atoms with Crippen molar-refractivity contribution >= 4 is 40.9 Å². The molecule has 9 heteroatoms. The maximum atomic E-state index is 14.9. The molecule has 3 fully saturated rings. The summed E-state index contributed by atoms with van der Waals surface area (Å²) in [5.74, 6) is -0.967. The fourth-order valence-electron chi connectivity index (χ4n) is 7.88. The van der Waals surface area contributed by atoms with Crippen LogP contribution in [0.5, 0.6) is 5.75 Å². The normalized spacial score (nSPS) is 26.5. The molecular formula is C36H45N3O5S. The second-order valence-corrected chi connectivity index (χ2v) is 13.9. The number of rotatable bonds is 13. The summed E-state index contributed by atoms with van der Waals surface area (Å²) >= 11 is 1.66. The van der Waals surface area contributed by atoms with E-state index in [9.17, 15) is 19.5 Å². The van der Waals surface area contributed by atoms with Gasteiger partial charge in [-0.3, -0.25) is 14.4 Å². The van der Waals surface area contributed by atoms with E-state index in [-0.39, 0.29) is 42.0 Å². The van der Waals surface area contributed by atoms with E-state index >= 15 is 0 Å². The number of carbonyl (C=O) groups excluding carboxylic acids is 3. The van der Waals surface area contributed by atoms with E-state index in [1.54, 1.807) is 38.6 Å². The SMILES string of the molecule is C=CCN(C(=O)[C@@H]1[C@H]2C(=O)N(CCCO)C(C(=O)N(CC=C)c3c(C)cccc3C)C23S[C@@H]1CC3C)c1ccc(OCC)cc1. The van der Waals surface area contributed by atoms with Crippen LogP contribution in [0.3, 0.4) is 0 Å². The Bertz CT molecular complexity index is 1440. The predicted molar refractivity (Wildman–Crippen MR) is 181 cm³/mol. The molecule has 45 heavy (non-hydrogen) atoms. The summed E-state index contributed by atoms with van der Waals surface area (Å²) in [5.41, 5.74) is 3.46. The number of amides is 3. The minimum absolute atomic E-state index is 0.0282. The molecule has 0 aromatic heterocycles. The number of hydrogen-bond acceptors (Lipinski definition) is 6. The molecule has 3 aliphatic rings. The summed E-state index contributed by atoms with van der Waals surface area (Å²) in [6.45, 7) is 17.1. The van der Waals surface area contributed by atoms with Crippen LogP contribution in [-0.4, -0.2) is 76.6 Å². The highest BCUT2D eigenvalue weighted by Gasteiger charge is 2.76. The number of fused-ring (bicyclic) bond motifs is 1. The number of aryl methyl sites for hydroxylation is 2. The average molecular weight is 632 g/mol. The van der Waals surface area contributed by atoms with Gasteiger partial charge in [0.05, 0.1) is 23.2 Å². The van der Waals surface area contributed by atoms with Gasteiger partial charge in [0, 0.05) is 42.9 Å². The summed E-state index contributed by atoms with van der Waals surface area (Å²) in [5, 5.41) is 9.69. The van der Waals surface area contributed by atoms with Gasteiger partial charge in [-0.05, 0) is 74.9 Å². The number of hydrogen-bond donors (Lipinski definition) is 1. The van der Waals surface area contributed by atoms with Gasteiger partial charge in [-0.1, -0.05) is 37.3 Å². The molecule has 8 nitrogen and oxygen atoms in total. The van der Waals surface area contributed by atoms with Crippen LogP contribution in [0.25, 0.3) is 0 Å². The van der Waals surface area contributed by atoms with Crippen LogP contribution in [-0.2, 0) is 14.4 Å². The topological polar surface area (TPSA) is 90.4 Å². The fraction of sp³-hybridized carbons (Fsp3) is 0.472. The maximum Gasteiger partial charge on any atom is 0.251 e. The van der Waals surface area contributed by atoms with Crippen molar-refractivity contribution in [2.24, 2.45) is 17.8 Å². The van der Waals surface area contributed by atoms with E-state index in [1.165, 1.54) is 0 Å². The van der Waals surface area contributed by atoms with Gasteiger partial charge in [-0.2, -0.15) is 0 Å². The largest absolute Gasteiger partial charge is 0.494 e. The lowest BCUT2D eigenvalue weighted by molar-refractivity contribution is -0.139. The predicted octanol–water partition coefficient (Wildman–Crippen LogP) is 5.16. The third kappa shape index (κ3) is 5.48.